The standard InChI is InChI=1S/C19H13F2N5O2/c20-13-3-1-12(2-4-13)16(27)11-26-19(28)25-10-9-17(23-18(25)24-26)22-15-7-5-14(21)6-8-15/h1-10H,11H2,(H,22,23,24). The van der Waals surface area contributed by atoms with Crippen LogP contribution in [0.1, 0.15) is 10.4 Å². The topological polar surface area (TPSA) is 81.3 Å². The van der Waals surface area contributed by atoms with E-state index in [1.54, 1.807) is 18.2 Å². The third-order valence-corrected chi connectivity index (χ3v) is 4.03. The largest absolute Gasteiger partial charge is 0.352 e. The second-order valence-electron chi connectivity index (χ2n) is 5.98. The zero-order valence-corrected chi connectivity index (χ0v) is 14.3. The molecule has 0 saturated heterocycles. The third kappa shape index (κ3) is 3.50. The highest BCUT2D eigenvalue weighted by Crippen LogP contribution is 2.15. The van der Waals surface area contributed by atoms with Gasteiger partial charge in [-0.15, -0.1) is 5.10 Å². The van der Waals surface area contributed by atoms with E-state index >= 15 is 0 Å². The van der Waals surface area contributed by atoms with Crippen molar-refractivity contribution in [2.45, 2.75) is 6.54 Å². The van der Waals surface area contributed by atoms with Crippen LogP contribution in [0.2, 0.25) is 0 Å². The molecule has 4 aromatic rings. The molecule has 0 atom stereocenters. The smallest absolute Gasteiger partial charge is 0.340 e. The first-order chi connectivity index (χ1) is 13.5. The van der Waals surface area contributed by atoms with Gasteiger partial charge >= 0.3 is 5.69 Å². The summed E-state index contributed by atoms with van der Waals surface area (Å²) >= 11 is 0. The first kappa shape index (κ1) is 17.5. The Morgan fingerprint density at radius 2 is 1.61 bits per heavy atom. The molecule has 2 heterocycles. The zero-order chi connectivity index (χ0) is 19.7. The fraction of sp³-hybridized carbons (Fsp3) is 0.0526. The third-order valence-electron chi connectivity index (χ3n) is 4.03. The lowest BCUT2D eigenvalue weighted by molar-refractivity contribution is 0.0966. The van der Waals surface area contributed by atoms with Gasteiger partial charge in [0.25, 0.3) is 5.78 Å². The average Bonchev–Trinajstić information content (AvgIpc) is 2.99. The molecule has 0 unspecified atom stereocenters. The lowest BCUT2D eigenvalue weighted by Crippen LogP contribution is -2.25. The number of Topliss-reactive ketones (excluding diaryl/α,β-unsaturated/α-hetero) is 1. The molecule has 0 amide bonds. The summed E-state index contributed by atoms with van der Waals surface area (Å²) in [5.74, 6) is -0.683. The van der Waals surface area contributed by atoms with Gasteiger partial charge in [-0.1, -0.05) is 0 Å². The van der Waals surface area contributed by atoms with Crippen molar-refractivity contribution in [3.63, 3.8) is 0 Å². The maximum absolute atomic E-state index is 13.0. The van der Waals surface area contributed by atoms with Crippen molar-refractivity contribution in [3.8, 4) is 0 Å². The molecule has 0 spiro atoms. The summed E-state index contributed by atoms with van der Waals surface area (Å²) in [6.45, 7) is -0.297. The lowest BCUT2D eigenvalue weighted by Gasteiger charge is -2.04. The average molecular weight is 381 g/mol. The van der Waals surface area contributed by atoms with Gasteiger partial charge in [-0.2, -0.15) is 4.98 Å². The van der Waals surface area contributed by atoms with E-state index < -0.39 is 11.5 Å². The summed E-state index contributed by atoms with van der Waals surface area (Å²) in [6.07, 6.45) is 1.47. The lowest BCUT2D eigenvalue weighted by atomic mass is 10.1. The second-order valence-corrected chi connectivity index (χ2v) is 5.98. The highest BCUT2D eigenvalue weighted by atomic mass is 19.1. The van der Waals surface area contributed by atoms with E-state index in [1.807, 2.05) is 0 Å². The van der Waals surface area contributed by atoms with E-state index in [-0.39, 0.29) is 29.5 Å². The predicted molar refractivity (Wildman–Crippen MR) is 97.7 cm³/mol. The monoisotopic (exact) mass is 381 g/mol. The number of nitrogens with zero attached hydrogens (tertiary/aromatic N) is 4. The number of carbonyl (C=O) groups excluding carboxylic acids is 1. The summed E-state index contributed by atoms with van der Waals surface area (Å²) in [6, 6.07) is 12.3. The quantitative estimate of drug-likeness (QED) is 0.538. The van der Waals surface area contributed by atoms with Crippen LogP contribution in [0.25, 0.3) is 5.78 Å². The fourth-order valence-corrected chi connectivity index (χ4v) is 2.62. The molecule has 0 aliphatic carbocycles. The molecule has 140 valence electrons. The molecule has 0 aliphatic heterocycles. The summed E-state index contributed by atoms with van der Waals surface area (Å²) in [5, 5.41) is 7.05. The fourth-order valence-electron chi connectivity index (χ4n) is 2.62. The van der Waals surface area contributed by atoms with Gasteiger partial charge in [-0.05, 0) is 54.6 Å². The number of benzene rings is 2. The molecule has 1 N–H and O–H groups in total. The van der Waals surface area contributed by atoms with Crippen LogP contribution in [0, 0.1) is 11.6 Å². The number of aromatic nitrogens is 4. The van der Waals surface area contributed by atoms with E-state index in [9.17, 15) is 18.4 Å². The molecule has 0 aliphatic rings. The molecule has 0 fully saturated rings. The van der Waals surface area contributed by atoms with Crippen molar-refractivity contribution in [2.75, 3.05) is 5.32 Å². The Morgan fingerprint density at radius 3 is 2.29 bits per heavy atom. The van der Waals surface area contributed by atoms with Gasteiger partial charge in [0.1, 0.15) is 24.0 Å². The Kier molecular flexibility index (Phi) is 4.40. The van der Waals surface area contributed by atoms with Crippen LogP contribution in [0.4, 0.5) is 20.3 Å². The molecule has 0 saturated carbocycles. The Labute approximate surface area is 156 Å². The zero-order valence-electron chi connectivity index (χ0n) is 14.3. The van der Waals surface area contributed by atoms with E-state index in [4.69, 9.17) is 0 Å². The van der Waals surface area contributed by atoms with Crippen LogP contribution in [-0.2, 0) is 6.54 Å². The van der Waals surface area contributed by atoms with Crippen LogP contribution in [0.5, 0.6) is 0 Å². The molecular formula is C19H13F2N5O2. The Morgan fingerprint density at radius 1 is 0.964 bits per heavy atom. The van der Waals surface area contributed by atoms with Gasteiger partial charge in [0.15, 0.2) is 5.78 Å². The van der Waals surface area contributed by atoms with E-state index in [0.29, 0.717) is 11.5 Å². The number of nitrogens with one attached hydrogen (secondary N) is 1. The Bertz CT molecular complexity index is 1210. The number of hydrogen-bond donors (Lipinski definition) is 1. The number of rotatable bonds is 5. The molecule has 9 heteroatoms. The molecule has 0 radical (unpaired) electrons. The molecule has 28 heavy (non-hydrogen) atoms. The van der Waals surface area contributed by atoms with Crippen molar-refractivity contribution >= 4 is 23.1 Å². The normalized spacial score (nSPS) is 10.9. The molecule has 7 nitrogen and oxygen atoms in total. The van der Waals surface area contributed by atoms with Crippen LogP contribution in [-0.4, -0.2) is 24.9 Å². The number of fused-ring (bicyclic) bond motifs is 1. The van der Waals surface area contributed by atoms with Gasteiger partial charge < -0.3 is 5.32 Å². The predicted octanol–water partition coefficient (Wildman–Crippen LogP) is 2.80. The van der Waals surface area contributed by atoms with Crippen LogP contribution < -0.4 is 11.0 Å². The van der Waals surface area contributed by atoms with E-state index in [1.165, 1.54) is 47.0 Å². The molecule has 0 bridgehead atoms. The minimum Gasteiger partial charge on any atom is -0.340 e. The van der Waals surface area contributed by atoms with Gasteiger partial charge in [-0.25, -0.2) is 22.7 Å². The Balaban J connectivity index is 1.59. The minimum absolute atomic E-state index is 0.101. The van der Waals surface area contributed by atoms with Crippen molar-refractivity contribution in [2.24, 2.45) is 0 Å². The van der Waals surface area contributed by atoms with Crippen molar-refractivity contribution < 1.29 is 13.6 Å². The SMILES string of the molecule is O=C(Cn1nc2nc(Nc3ccc(F)cc3)ccn2c1=O)c1ccc(F)cc1. The maximum atomic E-state index is 13.0. The number of ketones is 1. The van der Waals surface area contributed by atoms with E-state index in [2.05, 4.69) is 15.4 Å². The van der Waals surface area contributed by atoms with Gasteiger partial charge in [0.2, 0.25) is 0 Å². The summed E-state index contributed by atoms with van der Waals surface area (Å²) < 4.78 is 28.2. The molecular weight excluding hydrogens is 368 g/mol. The Hall–Kier alpha value is -3.88. The number of anilines is 2. The summed E-state index contributed by atoms with van der Waals surface area (Å²) in [7, 11) is 0. The second kappa shape index (κ2) is 7.03. The van der Waals surface area contributed by atoms with Crippen molar-refractivity contribution in [1.82, 2.24) is 19.2 Å². The number of carbonyl (C=O) groups is 1. The number of halogens is 2. The van der Waals surface area contributed by atoms with Gasteiger partial charge in [0.05, 0.1) is 0 Å². The maximum Gasteiger partial charge on any atom is 0.352 e. The summed E-state index contributed by atoms with van der Waals surface area (Å²) in [4.78, 5) is 28.9. The van der Waals surface area contributed by atoms with E-state index in [0.717, 1.165) is 4.68 Å². The van der Waals surface area contributed by atoms with Crippen molar-refractivity contribution in [3.05, 3.63) is 88.5 Å². The molecule has 2 aromatic carbocycles. The molecule has 2 aromatic heterocycles. The first-order valence-corrected chi connectivity index (χ1v) is 8.27. The van der Waals surface area contributed by atoms with Crippen LogP contribution in [0.3, 0.4) is 0 Å². The highest BCUT2D eigenvalue weighted by molar-refractivity contribution is 5.95. The first-order valence-electron chi connectivity index (χ1n) is 8.27. The van der Waals surface area contributed by atoms with Crippen LogP contribution in [0.15, 0.2) is 65.6 Å². The summed E-state index contributed by atoms with van der Waals surface area (Å²) in [5.41, 5.74) is 0.370. The van der Waals surface area contributed by atoms with Gasteiger partial charge in [0, 0.05) is 17.4 Å². The number of hydrogen-bond acceptors (Lipinski definition) is 5. The molecule has 4 rings (SSSR count). The highest BCUT2D eigenvalue weighted by Gasteiger charge is 2.14. The van der Waals surface area contributed by atoms with Crippen LogP contribution >= 0.6 is 0 Å². The van der Waals surface area contributed by atoms with Crippen molar-refractivity contribution in [1.29, 1.82) is 0 Å². The minimum atomic E-state index is -0.522. The van der Waals surface area contributed by atoms with Gasteiger partial charge in [-0.3, -0.25) is 4.79 Å².